The smallest absolute Gasteiger partial charge is 0.318 e. The molecule has 1 saturated carbocycles. The first-order valence-electron chi connectivity index (χ1n) is 12.3. The maximum Gasteiger partial charge on any atom is 0.318 e. The van der Waals surface area contributed by atoms with Gasteiger partial charge in [-0.3, -0.25) is 9.59 Å². The number of hydrogen-bond donors (Lipinski definition) is 2. The molecular weight excluding hydrogens is 492 g/mol. The lowest BCUT2D eigenvalue weighted by molar-refractivity contribution is -0.134. The summed E-state index contributed by atoms with van der Waals surface area (Å²) >= 11 is 0. The first-order valence-corrected chi connectivity index (χ1v) is 12.3. The van der Waals surface area contributed by atoms with Crippen LogP contribution in [0, 0.1) is 18.6 Å². The number of nitrogen functional groups attached to an aromatic ring is 1. The van der Waals surface area contributed by atoms with Gasteiger partial charge in [-0.25, -0.2) is 8.78 Å². The topological polar surface area (TPSA) is 110 Å². The minimum Gasteiger partial charge on any atom is -0.461 e. The van der Waals surface area contributed by atoms with Crippen LogP contribution in [-0.4, -0.2) is 45.9 Å². The molecule has 3 aromatic rings. The Balaban J connectivity index is 1.36. The minimum atomic E-state index is -0.685. The van der Waals surface area contributed by atoms with Gasteiger partial charge in [-0.1, -0.05) is 12.6 Å². The molecule has 1 aliphatic carbocycles. The normalized spacial score (nSPS) is 16.5. The fraction of sp³-hybridized carbons (Fsp3) is 0.286. The zero-order chi connectivity index (χ0) is 27.0. The van der Waals surface area contributed by atoms with Crippen LogP contribution in [0.4, 0.5) is 20.3 Å². The summed E-state index contributed by atoms with van der Waals surface area (Å²) < 4.78 is 35.0. The number of nitrogens with one attached hydrogen (secondary N) is 1. The van der Waals surface area contributed by atoms with E-state index in [0.717, 1.165) is 30.9 Å². The summed E-state index contributed by atoms with van der Waals surface area (Å²) in [6.07, 6.45) is 4.06. The van der Waals surface area contributed by atoms with E-state index in [-0.39, 0.29) is 47.3 Å². The third-order valence-corrected chi connectivity index (χ3v) is 6.92. The Bertz CT molecular complexity index is 1440. The van der Waals surface area contributed by atoms with Crippen LogP contribution in [0.25, 0.3) is 11.3 Å². The molecule has 1 aromatic heterocycles. The van der Waals surface area contributed by atoms with Crippen molar-refractivity contribution in [3.8, 4) is 17.3 Å². The lowest BCUT2D eigenvalue weighted by atomic mass is 10.0. The van der Waals surface area contributed by atoms with E-state index in [2.05, 4.69) is 21.9 Å². The van der Waals surface area contributed by atoms with Gasteiger partial charge in [0.15, 0.2) is 0 Å². The van der Waals surface area contributed by atoms with Gasteiger partial charge < -0.3 is 20.7 Å². The second-order valence-corrected chi connectivity index (χ2v) is 9.54. The lowest BCUT2D eigenvalue weighted by Gasteiger charge is -2.39. The van der Waals surface area contributed by atoms with Gasteiger partial charge in [0.05, 0.1) is 17.3 Å². The van der Waals surface area contributed by atoms with Crippen LogP contribution in [0.2, 0.25) is 0 Å². The number of aromatic nitrogens is 2. The molecule has 0 spiro atoms. The molecular formula is C28H27F2N5O3. The Morgan fingerprint density at radius 1 is 1.18 bits per heavy atom. The van der Waals surface area contributed by atoms with Crippen molar-refractivity contribution < 1.29 is 23.1 Å². The highest BCUT2D eigenvalue weighted by Crippen LogP contribution is 2.40. The zero-order valence-electron chi connectivity index (χ0n) is 20.8. The van der Waals surface area contributed by atoms with Gasteiger partial charge in [0, 0.05) is 23.9 Å². The zero-order valence-corrected chi connectivity index (χ0v) is 20.8. The van der Waals surface area contributed by atoms with E-state index >= 15 is 0 Å². The number of carbonyl (C=O) groups excluding carboxylic acids is 2. The van der Waals surface area contributed by atoms with Crippen molar-refractivity contribution in [2.75, 3.05) is 24.2 Å². The van der Waals surface area contributed by atoms with Crippen molar-refractivity contribution in [2.24, 2.45) is 0 Å². The van der Waals surface area contributed by atoms with Gasteiger partial charge in [-0.15, -0.1) is 0 Å². The van der Waals surface area contributed by atoms with Gasteiger partial charge in [-0.2, -0.15) is 9.97 Å². The number of likely N-dealkylation sites (tertiary alicyclic amines) is 1. The molecule has 0 bridgehead atoms. The summed E-state index contributed by atoms with van der Waals surface area (Å²) in [5.41, 5.74) is 8.03. The molecule has 2 aliphatic rings. The van der Waals surface area contributed by atoms with Crippen molar-refractivity contribution in [1.82, 2.24) is 14.9 Å². The summed E-state index contributed by atoms with van der Waals surface area (Å²) in [5, 5.41) is 2.62. The number of halogens is 2. The molecule has 2 heterocycles. The average Bonchev–Trinajstić information content (AvgIpc) is 3.70. The third kappa shape index (κ3) is 5.20. The fourth-order valence-corrected chi connectivity index (χ4v) is 4.49. The molecule has 10 heteroatoms. The first kappa shape index (κ1) is 25.3. The van der Waals surface area contributed by atoms with E-state index in [1.54, 1.807) is 17.9 Å². The molecule has 1 aliphatic heterocycles. The molecule has 2 amide bonds. The van der Waals surface area contributed by atoms with E-state index in [9.17, 15) is 18.4 Å². The van der Waals surface area contributed by atoms with Crippen LogP contribution in [0.15, 0.2) is 49.1 Å². The van der Waals surface area contributed by atoms with Gasteiger partial charge in [0.25, 0.3) is 5.91 Å². The fourth-order valence-electron chi connectivity index (χ4n) is 4.49. The molecule has 196 valence electrons. The van der Waals surface area contributed by atoms with Crippen LogP contribution in [0.5, 0.6) is 6.01 Å². The van der Waals surface area contributed by atoms with E-state index in [0.29, 0.717) is 23.6 Å². The SMILES string of the molecule is C=CC(=O)N1CC[C@H]1COc1nc(N)cc(-c2cc(F)cc(NC(=O)c3ccc(C4CC4)cc3F)c2C)n1. The average molecular weight is 520 g/mol. The van der Waals surface area contributed by atoms with E-state index in [1.165, 1.54) is 30.3 Å². The molecule has 3 N–H and O–H groups in total. The van der Waals surface area contributed by atoms with Crippen molar-refractivity contribution >= 4 is 23.3 Å². The number of ether oxygens (including phenoxy) is 1. The lowest BCUT2D eigenvalue weighted by Crippen LogP contribution is -2.53. The standard InChI is InChI=1S/C28H27F2N5O3/c1-3-26(36)35-9-8-19(35)14-38-28-33-24(13-25(31)34-28)21-11-18(29)12-23(15(21)2)32-27(37)20-7-6-17(10-22(20)30)16-4-5-16/h3,6-7,10-13,16,19H,1,4-5,8-9,14H2,2H3,(H,32,37)(H2,31,33,34)/t19-/m0/s1. The summed E-state index contributed by atoms with van der Waals surface area (Å²) in [6, 6.07) is 8.32. The van der Waals surface area contributed by atoms with Gasteiger partial charge in [0.1, 0.15) is 24.1 Å². The van der Waals surface area contributed by atoms with Crippen LogP contribution in [0.1, 0.15) is 46.7 Å². The maximum absolute atomic E-state index is 14.7. The van der Waals surface area contributed by atoms with Crippen molar-refractivity contribution in [2.45, 2.75) is 38.1 Å². The third-order valence-electron chi connectivity index (χ3n) is 6.92. The number of benzene rings is 2. The van der Waals surface area contributed by atoms with Crippen LogP contribution in [-0.2, 0) is 4.79 Å². The van der Waals surface area contributed by atoms with E-state index in [4.69, 9.17) is 10.5 Å². The number of nitrogens with two attached hydrogens (primary N) is 1. The quantitative estimate of drug-likeness (QED) is 0.421. The Labute approximate surface area is 218 Å². The highest BCUT2D eigenvalue weighted by Gasteiger charge is 2.31. The number of anilines is 2. The Morgan fingerprint density at radius 3 is 2.63 bits per heavy atom. The minimum absolute atomic E-state index is 0.0232. The number of amides is 2. The second kappa shape index (κ2) is 10.2. The summed E-state index contributed by atoms with van der Waals surface area (Å²) in [7, 11) is 0. The van der Waals surface area contributed by atoms with E-state index in [1.807, 2.05) is 0 Å². The largest absolute Gasteiger partial charge is 0.461 e. The van der Waals surface area contributed by atoms with Crippen LogP contribution < -0.4 is 15.8 Å². The van der Waals surface area contributed by atoms with Crippen LogP contribution in [0.3, 0.4) is 0 Å². The van der Waals surface area contributed by atoms with Gasteiger partial charge >= 0.3 is 6.01 Å². The Kier molecular flexibility index (Phi) is 6.79. The molecule has 0 unspecified atom stereocenters. The molecule has 5 rings (SSSR count). The predicted molar refractivity (Wildman–Crippen MR) is 139 cm³/mol. The summed E-state index contributed by atoms with van der Waals surface area (Å²) in [5.74, 6) is -1.65. The molecule has 2 aromatic carbocycles. The van der Waals surface area contributed by atoms with Crippen molar-refractivity contribution in [1.29, 1.82) is 0 Å². The first-order chi connectivity index (χ1) is 18.2. The van der Waals surface area contributed by atoms with Crippen molar-refractivity contribution in [3.63, 3.8) is 0 Å². The maximum atomic E-state index is 14.7. The Hall–Kier alpha value is -4.34. The predicted octanol–water partition coefficient (Wildman–Crippen LogP) is 4.61. The van der Waals surface area contributed by atoms with E-state index < -0.39 is 17.5 Å². The molecule has 8 nitrogen and oxygen atoms in total. The highest BCUT2D eigenvalue weighted by atomic mass is 19.1. The number of carbonyl (C=O) groups is 2. The Morgan fingerprint density at radius 2 is 1.97 bits per heavy atom. The second-order valence-electron chi connectivity index (χ2n) is 9.54. The molecule has 38 heavy (non-hydrogen) atoms. The summed E-state index contributed by atoms with van der Waals surface area (Å²) in [6.45, 7) is 5.96. The van der Waals surface area contributed by atoms with Crippen molar-refractivity contribution in [3.05, 3.63) is 77.4 Å². The molecule has 0 radical (unpaired) electrons. The van der Waals surface area contributed by atoms with Gasteiger partial charge in [0.2, 0.25) is 5.91 Å². The number of rotatable bonds is 8. The monoisotopic (exact) mass is 519 g/mol. The highest BCUT2D eigenvalue weighted by molar-refractivity contribution is 6.05. The molecule has 2 fully saturated rings. The number of hydrogen-bond acceptors (Lipinski definition) is 6. The van der Waals surface area contributed by atoms with Gasteiger partial charge in [-0.05, 0) is 73.6 Å². The summed E-state index contributed by atoms with van der Waals surface area (Å²) in [4.78, 5) is 34.8. The number of nitrogens with zero attached hydrogens (tertiary/aromatic N) is 3. The molecule has 1 atom stereocenters. The molecule has 1 saturated heterocycles. The van der Waals surface area contributed by atoms with Crippen LogP contribution >= 0.6 is 0 Å².